The second-order valence-electron chi connectivity index (χ2n) is 4.57. The first-order valence-corrected chi connectivity index (χ1v) is 7.34. The Morgan fingerprint density at radius 2 is 0.955 bits per heavy atom. The summed E-state index contributed by atoms with van der Waals surface area (Å²) in [7, 11) is 0. The second-order valence-corrected chi connectivity index (χ2v) is 4.57. The molecule has 0 aliphatic heterocycles. The van der Waals surface area contributed by atoms with Crippen molar-refractivity contribution in [3.05, 3.63) is 84.9 Å². The van der Waals surface area contributed by atoms with Gasteiger partial charge in [0.2, 0.25) is 0 Å². The highest BCUT2D eigenvalue weighted by molar-refractivity contribution is 6.04. The van der Waals surface area contributed by atoms with Gasteiger partial charge in [-0.1, -0.05) is 72.8 Å². The average molecular weight is 292 g/mol. The van der Waals surface area contributed by atoms with Crippen LogP contribution >= 0.6 is 0 Å². The summed E-state index contributed by atoms with van der Waals surface area (Å²) >= 11 is 0. The fraction of sp³-hybridized carbons (Fsp3) is 0.100. The van der Waals surface area contributed by atoms with Crippen LogP contribution in [0.3, 0.4) is 0 Å². The lowest BCUT2D eigenvalue weighted by Crippen LogP contribution is -1.62. The van der Waals surface area contributed by atoms with Crippen molar-refractivity contribution in [1.82, 2.24) is 0 Å². The molecule has 0 bridgehead atoms. The number of para-hydroxylation sites is 2. The van der Waals surface area contributed by atoms with E-state index in [9.17, 15) is 0 Å². The predicted octanol–water partition coefficient (Wildman–Crippen LogP) is 5.27. The Hall–Kier alpha value is -2.58. The summed E-state index contributed by atoms with van der Waals surface area (Å²) in [5.41, 5.74) is 1.92. The summed E-state index contributed by atoms with van der Waals surface area (Å²) in [5, 5.41) is 9.95. The number of fused-ring (bicyclic) bond motifs is 3. The molecule has 0 aliphatic carbocycles. The highest BCUT2D eigenvalue weighted by Crippen LogP contribution is 2.27. The number of hydrogen-bond donors (Lipinski definition) is 1. The maximum Gasteiger partial charge on any atom is 0.135 e. The van der Waals surface area contributed by atoms with Gasteiger partial charge in [-0.15, -0.1) is 0 Å². The molecular formula is C20H20O2. The van der Waals surface area contributed by atoms with E-state index in [1.807, 2.05) is 72.8 Å². The molecule has 4 rings (SSSR count). The molecule has 0 radical (unpaired) electrons. The van der Waals surface area contributed by atoms with Crippen LogP contribution in [-0.2, 0) is 0 Å². The molecule has 0 amide bonds. The molecule has 0 aliphatic rings. The first-order valence-electron chi connectivity index (χ1n) is 7.34. The molecule has 112 valence electrons. The van der Waals surface area contributed by atoms with Crippen LogP contribution in [0.5, 0.6) is 0 Å². The number of rotatable bonds is 0. The van der Waals surface area contributed by atoms with E-state index in [1.54, 1.807) is 6.92 Å². The molecule has 1 heterocycles. The first kappa shape index (κ1) is 15.8. The van der Waals surface area contributed by atoms with Gasteiger partial charge in [0.15, 0.2) is 0 Å². The van der Waals surface area contributed by atoms with Gasteiger partial charge in [-0.3, -0.25) is 0 Å². The molecule has 1 aromatic heterocycles. The zero-order valence-corrected chi connectivity index (χ0v) is 12.6. The number of aliphatic hydroxyl groups excluding tert-OH is 1. The van der Waals surface area contributed by atoms with Crippen molar-refractivity contribution in [2.75, 3.05) is 6.61 Å². The highest BCUT2D eigenvalue weighted by Gasteiger charge is 2.03. The maximum atomic E-state index is 7.57. The van der Waals surface area contributed by atoms with E-state index in [0.29, 0.717) is 0 Å². The molecule has 2 nitrogen and oxygen atoms in total. The lowest BCUT2D eigenvalue weighted by molar-refractivity contribution is 0.318. The van der Waals surface area contributed by atoms with E-state index >= 15 is 0 Å². The van der Waals surface area contributed by atoms with Crippen molar-refractivity contribution in [3.8, 4) is 0 Å². The van der Waals surface area contributed by atoms with E-state index in [4.69, 9.17) is 9.52 Å². The van der Waals surface area contributed by atoms with Crippen LogP contribution in [-0.4, -0.2) is 11.7 Å². The Balaban J connectivity index is 0.000000165. The van der Waals surface area contributed by atoms with E-state index in [1.165, 1.54) is 10.8 Å². The number of furan rings is 1. The van der Waals surface area contributed by atoms with Crippen molar-refractivity contribution >= 4 is 21.9 Å². The third kappa shape index (κ3) is 4.21. The Morgan fingerprint density at radius 3 is 1.32 bits per heavy atom. The quantitative estimate of drug-likeness (QED) is 0.479. The second kappa shape index (κ2) is 8.65. The van der Waals surface area contributed by atoms with Crippen molar-refractivity contribution < 1.29 is 9.52 Å². The summed E-state index contributed by atoms with van der Waals surface area (Å²) in [4.78, 5) is 0. The Labute approximate surface area is 130 Å². The maximum absolute atomic E-state index is 7.57. The van der Waals surface area contributed by atoms with Gasteiger partial charge < -0.3 is 9.52 Å². The van der Waals surface area contributed by atoms with Crippen LogP contribution in [0.4, 0.5) is 0 Å². The van der Waals surface area contributed by atoms with Crippen molar-refractivity contribution in [3.63, 3.8) is 0 Å². The summed E-state index contributed by atoms with van der Waals surface area (Å²) in [6.07, 6.45) is 0. The van der Waals surface area contributed by atoms with Gasteiger partial charge in [-0.2, -0.15) is 0 Å². The van der Waals surface area contributed by atoms with E-state index in [0.717, 1.165) is 11.2 Å². The molecule has 4 aromatic rings. The Bertz CT molecular complexity index is 711. The Morgan fingerprint density at radius 1 is 0.636 bits per heavy atom. The van der Waals surface area contributed by atoms with Gasteiger partial charge in [-0.05, 0) is 19.1 Å². The smallest absolute Gasteiger partial charge is 0.135 e. The van der Waals surface area contributed by atoms with E-state index < -0.39 is 0 Å². The molecule has 0 saturated carbocycles. The molecular weight excluding hydrogens is 272 g/mol. The van der Waals surface area contributed by atoms with Crippen molar-refractivity contribution in [2.45, 2.75) is 6.92 Å². The average Bonchev–Trinajstić information content (AvgIpc) is 2.96. The lowest BCUT2D eigenvalue weighted by Gasteiger charge is -1.85. The van der Waals surface area contributed by atoms with Gasteiger partial charge in [0.25, 0.3) is 0 Å². The minimum atomic E-state index is 0.250. The van der Waals surface area contributed by atoms with Crippen molar-refractivity contribution in [2.24, 2.45) is 0 Å². The zero-order valence-electron chi connectivity index (χ0n) is 12.6. The van der Waals surface area contributed by atoms with Gasteiger partial charge in [0, 0.05) is 17.4 Å². The summed E-state index contributed by atoms with van der Waals surface area (Å²) in [6.45, 7) is 1.93. The minimum Gasteiger partial charge on any atom is -0.456 e. The minimum absolute atomic E-state index is 0.250. The number of hydrogen-bond acceptors (Lipinski definition) is 2. The fourth-order valence-electron chi connectivity index (χ4n) is 2.06. The van der Waals surface area contributed by atoms with Gasteiger partial charge >= 0.3 is 0 Å². The molecule has 22 heavy (non-hydrogen) atoms. The normalized spacial score (nSPS) is 9.55. The predicted molar refractivity (Wildman–Crippen MR) is 92.9 cm³/mol. The van der Waals surface area contributed by atoms with Gasteiger partial charge in [-0.25, -0.2) is 0 Å². The third-order valence-corrected chi connectivity index (χ3v) is 2.95. The largest absolute Gasteiger partial charge is 0.456 e. The molecule has 0 saturated heterocycles. The topological polar surface area (TPSA) is 33.4 Å². The zero-order chi connectivity index (χ0) is 15.6. The molecule has 3 aromatic carbocycles. The van der Waals surface area contributed by atoms with Gasteiger partial charge in [0.05, 0.1) is 0 Å². The monoisotopic (exact) mass is 292 g/mol. The van der Waals surface area contributed by atoms with Crippen LogP contribution in [0.1, 0.15) is 6.92 Å². The molecule has 0 atom stereocenters. The van der Waals surface area contributed by atoms with Gasteiger partial charge in [0.1, 0.15) is 11.2 Å². The van der Waals surface area contributed by atoms with E-state index in [2.05, 4.69) is 12.1 Å². The van der Waals surface area contributed by atoms with Crippen LogP contribution < -0.4 is 0 Å². The first-order chi connectivity index (χ1) is 10.9. The summed E-state index contributed by atoms with van der Waals surface area (Å²) in [5.74, 6) is 0. The summed E-state index contributed by atoms with van der Waals surface area (Å²) < 4.78 is 5.65. The van der Waals surface area contributed by atoms with Crippen LogP contribution in [0.25, 0.3) is 21.9 Å². The molecule has 1 N–H and O–H groups in total. The Kier molecular flexibility index (Phi) is 6.21. The molecule has 2 heteroatoms. The van der Waals surface area contributed by atoms with Crippen LogP contribution in [0.15, 0.2) is 89.3 Å². The van der Waals surface area contributed by atoms with Crippen LogP contribution in [0.2, 0.25) is 0 Å². The number of aliphatic hydroxyl groups is 1. The molecule has 0 spiro atoms. The third-order valence-electron chi connectivity index (χ3n) is 2.95. The number of benzene rings is 3. The molecule has 0 fully saturated rings. The standard InChI is InChI=1S/C12H8O.C6H6.C2H6O/c1-3-7-11-9(5-1)10-6-2-4-8-12(10)13-11;1-2-4-6-5-3-1;1-2-3/h1-8H;1-6H;3H,2H2,1H3. The van der Waals surface area contributed by atoms with Crippen LogP contribution in [0, 0.1) is 0 Å². The fourth-order valence-corrected chi connectivity index (χ4v) is 2.06. The lowest BCUT2D eigenvalue weighted by atomic mass is 10.2. The highest BCUT2D eigenvalue weighted by atomic mass is 16.3. The van der Waals surface area contributed by atoms with Crippen molar-refractivity contribution in [1.29, 1.82) is 0 Å². The summed E-state index contributed by atoms with van der Waals surface area (Å²) in [6, 6.07) is 28.2. The van der Waals surface area contributed by atoms with E-state index in [-0.39, 0.29) is 6.61 Å². The molecule has 0 unspecified atom stereocenters. The SMILES string of the molecule is CCO.c1ccc2c(c1)oc1ccccc12.c1ccccc1.